The monoisotopic (exact) mass is 335 g/mol. The zero-order valence-corrected chi connectivity index (χ0v) is 13.8. The van der Waals surface area contributed by atoms with Gasteiger partial charge in [0, 0.05) is 30.2 Å². The highest BCUT2D eigenvalue weighted by atomic mass is 16.5. The number of rotatable bonds is 3. The van der Waals surface area contributed by atoms with Gasteiger partial charge in [0.2, 0.25) is 11.8 Å². The number of carbonyl (C=O) groups excluding carboxylic acids is 2. The summed E-state index contributed by atoms with van der Waals surface area (Å²) in [6, 6.07) is 13.1. The number of anilines is 2. The number of fused-ring (bicyclic) bond motifs is 2. The number of nitrogens with one attached hydrogen (secondary N) is 1. The molecule has 1 aliphatic rings. The maximum atomic E-state index is 12.3. The molecule has 6 nitrogen and oxygen atoms in total. The second kappa shape index (κ2) is 6.05. The summed E-state index contributed by atoms with van der Waals surface area (Å²) in [5.41, 5.74) is 4.01. The fourth-order valence-electron chi connectivity index (χ4n) is 3.23. The lowest BCUT2D eigenvalue weighted by Crippen LogP contribution is -2.25. The molecule has 3 aromatic rings. The molecule has 6 heteroatoms. The first-order chi connectivity index (χ1) is 12.1. The first kappa shape index (κ1) is 15.4. The van der Waals surface area contributed by atoms with Gasteiger partial charge in [-0.1, -0.05) is 17.3 Å². The van der Waals surface area contributed by atoms with Crippen molar-refractivity contribution in [2.45, 2.75) is 19.8 Å². The van der Waals surface area contributed by atoms with Crippen LogP contribution in [0.3, 0.4) is 0 Å². The van der Waals surface area contributed by atoms with Crippen molar-refractivity contribution < 1.29 is 14.1 Å². The zero-order valence-electron chi connectivity index (χ0n) is 13.8. The van der Waals surface area contributed by atoms with Crippen LogP contribution in [-0.4, -0.2) is 23.5 Å². The average molecular weight is 335 g/mol. The molecule has 0 aliphatic carbocycles. The molecule has 126 valence electrons. The third-order valence-electron chi connectivity index (χ3n) is 4.42. The number of benzene rings is 2. The lowest BCUT2D eigenvalue weighted by atomic mass is 10.1. The summed E-state index contributed by atoms with van der Waals surface area (Å²) in [6.07, 6.45) is 0.945. The Balaban J connectivity index is 1.49. The fourth-order valence-corrected chi connectivity index (χ4v) is 3.23. The third-order valence-corrected chi connectivity index (χ3v) is 4.42. The number of aromatic nitrogens is 1. The van der Waals surface area contributed by atoms with Gasteiger partial charge in [0.25, 0.3) is 0 Å². The van der Waals surface area contributed by atoms with E-state index in [4.69, 9.17) is 4.52 Å². The van der Waals surface area contributed by atoms with E-state index in [0.29, 0.717) is 17.8 Å². The van der Waals surface area contributed by atoms with E-state index in [1.54, 1.807) is 11.8 Å². The number of hydrogen-bond acceptors (Lipinski definition) is 4. The summed E-state index contributed by atoms with van der Waals surface area (Å²) in [5.74, 6) is -0.117. The van der Waals surface area contributed by atoms with E-state index >= 15 is 0 Å². The summed E-state index contributed by atoms with van der Waals surface area (Å²) in [6.45, 7) is 2.25. The highest BCUT2D eigenvalue weighted by Gasteiger charge is 2.22. The van der Waals surface area contributed by atoms with Crippen LogP contribution in [0.25, 0.3) is 11.0 Å². The van der Waals surface area contributed by atoms with Gasteiger partial charge in [-0.05, 0) is 42.3 Å². The van der Waals surface area contributed by atoms with Crippen molar-refractivity contribution in [2.75, 3.05) is 16.8 Å². The molecule has 1 aromatic heterocycles. The molecular formula is C19H17N3O3. The van der Waals surface area contributed by atoms with Gasteiger partial charge in [-0.2, -0.15) is 0 Å². The number of para-hydroxylation sites is 1. The van der Waals surface area contributed by atoms with Crippen molar-refractivity contribution >= 4 is 34.2 Å². The van der Waals surface area contributed by atoms with Crippen molar-refractivity contribution in [3.8, 4) is 0 Å². The lowest BCUT2D eigenvalue weighted by molar-refractivity contribution is -0.117. The van der Waals surface area contributed by atoms with Crippen molar-refractivity contribution in [3.05, 3.63) is 53.7 Å². The van der Waals surface area contributed by atoms with Crippen LogP contribution in [0.2, 0.25) is 0 Å². The smallest absolute Gasteiger partial charge is 0.230 e. The molecule has 4 rings (SSSR count). The molecule has 2 aromatic carbocycles. The maximum absolute atomic E-state index is 12.3. The molecular weight excluding hydrogens is 318 g/mol. The summed E-state index contributed by atoms with van der Waals surface area (Å²) in [5, 5.41) is 7.73. The Morgan fingerprint density at radius 2 is 2.08 bits per heavy atom. The normalized spacial score (nSPS) is 13.1. The highest BCUT2D eigenvalue weighted by Crippen LogP contribution is 2.30. The Morgan fingerprint density at radius 1 is 1.24 bits per heavy atom. The van der Waals surface area contributed by atoms with E-state index in [1.165, 1.54) is 0 Å². The lowest BCUT2D eigenvalue weighted by Gasteiger charge is -2.15. The van der Waals surface area contributed by atoms with Gasteiger partial charge in [0.1, 0.15) is 5.69 Å². The molecule has 2 heterocycles. The second-order valence-electron chi connectivity index (χ2n) is 6.11. The Morgan fingerprint density at radius 3 is 2.92 bits per heavy atom. The number of hydrogen-bond donors (Lipinski definition) is 1. The van der Waals surface area contributed by atoms with Crippen LogP contribution in [0, 0.1) is 0 Å². The average Bonchev–Trinajstić information content (AvgIpc) is 3.19. The quantitative estimate of drug-likeness (QED) is 0.798. The van der Waals surface area contributed by atoms with Crippen LogP contribution >= 0.6 is 0 Å². The molecule has 1 aliphatic heterocycles. The van der Waals surface area contributed by atoms with Crippen molar-refractivity contribution in [1.29, 1.82) is 0 Å². The van der Waals surface area contributed by atoms with E-state index < -0.39 is 0 Å². The number of amides is 2. The minimum atomic E-state index is -0.152. The van der Waals surface area contributed by atoms with Gasteiger partial charge >= 0.3 is 0 Å². The van der Waals surface area contributed by atoms with Crippen molar-refractivity contribution in [3.63, 3.8) is 0 Å². The maximum Gasteiger partial charge on any atom is 0.230 e. The molecule has 1 N–H and O–H groups in total. The predicted octanol–water partition coefficient (Wildman–Crippen LogP) is 2.92. The third kappa shape index (κ3) is 2.87. The van der Waals surface area contributed by atoms with E-state index in [2.05, 4.69) is 10.5 Å². The summed E-state index contributed by atoms with van der Waals surface area (Å²) < 4.78 is 5.23. The van der Waals surface area contributed by atoms with Gasteiger partial charge in [-0.3, -0.25) is 9.59 Å². The number of nitrogens with zero attached hydrogens (tertiary/aromatic N) is 2. The highest BCUT2D eigenvalue weighted by molar-refractivity contribution is 5.97. The van der Waals surface area contributed by atoms with Crippen LogP contribution in [0.1, 0.15) is 18.2 Å². The largest absolute Gasteiger partial charge is 0.356 e. The van der Waals surface area contributed by atoms with Crippen LogP contribution in [0.4, 0.5) is 11.4 Å². The van der Waals surface area contributed by atoms with Crippen LogP contribution in [-0.2, 0) is 22.4 Å². The fraction of sp³-hybridized carbons (Fsp3) is 0.211. The summed E-state index contributed by atoms with van der Waals surface area (Å²) in [4.78, 5) is 25.7. The van der Waals surface area contributed by atoms with Crippen LogP contribution in [0.5, 0.6) is 0 Å². The summed E-state index contributed by atoms with van der Waals surface area (Å²) in [7, 11) is 0. The minimum Gasteiger partial charge on any atom is -0.356 e. The summed E-state index contributed by atoms with van der Waals surface area (Å²) >= 11 is 0. The molecule has 0 saturated carbocycles. The molecule has 0 bridgehead atoms. The molecule has 0 radical (unpaired) electrons. The SMILES string of the molecule is CC(=O)N1CCc2cc(NC(=O)Cc3noc4ccccc34)ccc21. The first-order valence-electron chi connectivity index (χ1n) is 8.16. The molecule has 0 spiro atoms. The van der Waals surface area contributed by atoms with Crippen LogP contribution < -0.4 is 10.2 Å². The molecule has 0 fully saturated rings. The molecule has 0 unspecified atom stereocenters. The first-order valence-corrected chi connectivity index (χ1v) is 8.16. The van der Waals surface area contributed by atoms with E-state index in [0.717, 1.165) is 28.7 Å². The topological polar surface area (TPSA) is 75.4 Å². The van der Waals surface area contributed by atoms with Crippen molar-refractivity contribution in [1.82, 2.24) is 5.16 Å². The Labute approximate surface area is 144 Å². The van der Waals surface area contributed by atoms with Gasteiger partial charge in [-0.25, -0.2) is 0 Å². The van der Waals surface area contributed by atoms with E-state index in [9.17, 15) is 9.59 Å². The molecule has 0 saturated heterocycles. The van der Waals surface area contributed by atoms with Crippen molar-refractivity contribution in [2.24, 2.45) is 0 Å². The Bertz CT molecular complexity index is 977. The molecule has 25 heavy (non-hydrogen) atoms. The Kier molecular flexibility index (Phi) is 3.72. The van der Waals surface area contributed by atoms with E-state index in [-0.39, 0.29) is 18.2 Å². The van der Waals surface area contributed by atoms with Gasteiger partial charge in [0.15, 0.2) is 5.58 Å². The minimum absolute atomic E-state index is 0.0356. The Hall–Kier alpha value is -3.15. The number of carbonyl (C=O) groups is 2. The van der Waals surface area contributed by atoms with Gasteiger partial charge in [-0.15, -0.1) is 0 Å². The van der Waals surface area contributed by atoms with Crippen LogP contribution in [0.15, 0.2) is 47.0 Å². The van der Waals surface area contributed by atoms with E-state index in [1.807, 2.05) is 42.5 Å². The molecule has 0 atom stereocenters. The molecule has 2 amide bonds. The zero-order chi connectivity index (χ0) is 17.4. The van der Waals surface area contributed by atoms with Gasteiger partial charge < -0.3 is 14.7 Å². The standard InChI is InChI=1S/C19H17N3O3/c1-12(23)22-9-8-13-10-14(6-7-17(13)22)20-19(24)11-16-15-4-2-3-5-18(15)25-21-16/h2-7,10H,8-9,11H2,1H3,(H,20,24). The second-order valence-corrected chi connectivity index (χ2v) is 6.11. The predicted molar refractivity (Wildman–Crippen MR) is 94.5 cm³/mol. The van der Waals surface area contributed by atoms with Gasteiger partial charge in [0.05, 0.1) is 6.42 Å².